The summed E-state index contributed by atoms with van der Waals surface area (Å²) in [6, 6.07) is 7.03. The van der Waals surface area contributed by atoms with Gasteiger partial charge in [0.2, 0.25) is 5.91 Å². The van der Waals surface area contributed by atoms with Gasteiger partial charge in [0.25, 0.3) is 5.56 Å². The average molecular weight is 336 g/mol. The molecule has 120 valence electrons. The Labute approximate surface area is 135 Å². The third-order valence-electron chi connectivity index (χ3n) is 2.98. The van der Waals surface area contributed by atoms with Crippen LogP contribution in [0.1, 0.15) is 24.6 Å². The molecule has 0 unspecified atom stereocenters. The minimum absolute atomic E-state index is 0.0134. The lowest BCUT2D eigenvalue weighted by Crippen LogP contribution is -2.28. The van der Waals surface area contributed by atoms with Crippen LogP contribution in [-0.2, 0) is 11.2 Å². The number of hydrazone groups is 1. The molecule has 0 aliphatic heterocycles. The maximum atomic E-state index is 11.7. The van der Waals surface area contributed by atoms with Crippen LogP contribution in [0.2, 0.25) is 5.02 Å². The molecule has 0 aliphatic rings. The van der Waals surface area contributed by atoms with Crippen LogP contribution in [0, 0.1) is 0 Å². The molecule has 0 atom stereocenters. The zero-order valence-corrected chi connectivity index (χ0v) is 13.0. The van der Waals surface area contributed by atoms with Gasteiger partial charge in [0.1, 0.15) is 5.69 Å². The third kappa shape index (κ3) is 4.89. The standard InChI is InChI=1S/C14H14ClN5O3/c1-8(9-2-4-10(15)5-3-9)17-19-12(21)7-6-11-13(22)16-14(23)20-18-11/h2-5H,6-7H2,1H3,(H,19,21)(H2,16,20,22,23)/b17-8-. The number of halogens is 1. The number of aromatic nitrogens is 3. The second-order valence-corrected chi connectivity index (χ2v) is 5.13. The maximum Gasteiger partial charge on any atom is 0.342 e. The lowest BCUT2D eigenvalue weighted by atomic mass is 10.1. The van der Waals surface area contributed by atoms with Gasteiger partial charge >= 0.3 is 5.69 Å². The number of carbonyl (C=O) groups is 1. The quantitative estimate of drug-likeness (QED) is 0.547. The Hall–Kier alpha value is -2.74. The van der Waals surface area contributed by atoms with E-state index in [1.54, 1.807) is 31.2 Å². The van der Waals surface area contributed by atoms with Gasteiger partial charge in [-0.05, 0) is 24.6 Å². The Morgan fingerprint density at radius 1 is 1.30 bits per heavy atom. The highest BCUT2D eigenvalue weighted by atomic mass is 35.5. The summed E-state index contributed by atoms with van der Waals surface area (Å²) in [5, 5.41) is 10.3. The van der Waals surface area contributed by atoms with Gasteiger partial charge in [0, 0.05) is 17.9 Å². The van der Waals surface area contributed by atoms with Crippen LogP contribution < -0.4 is 16.7 Å². The number of aryl methyl sites for hydroxylation is 1. The van der Waals surface area contributed by atoms with Crippen LogP contribution in [-0.4, -0.2) is 26.8 Å². The number of nitrogens with one attached hydrogen (secondary N) is 3. The fourth-order valence-corrected chi connectivity index (χ4v) is 1.86. The predicted octanol–water partition coefficient (Wildman–Crippen LogP) is 0.585. The summed E-state index contributed by atoms with van der Waals surface area (Å²) in [5.74, 6) is -0.370. The predicted molar refractivity (Wildman–Crippen MR) is 85.6 cm³/mol. The van der Waals surface area contributed by atoms with Crippen LogP contribution in [0.3, 0.4) is 0 Å². The Morgan fingerprint density at radius 3 is 2.65 bits per heavy atom. The summed E-state index contributed by atoms with van der Waals surface area (Å²) in [4.78, 5) is 36.0. The molecule has 3 N–H and O–H groups in total. The van der Waals surface area contributed by atoms with Gasteiger partial charge < -0.3 is 0 Å². The number of hydrogen-bond donors (Lipinski definition) is 3. The van der Waals surface area contributed by atoms with Crippen molar-refractivity contribution >= 4 is 23.2 Å². The number of hydrogen-bond acceptors (Lipinski definition) is 5. The summed E-state index contributed by atoms with van der Waals surface area (Å²) >= 11 is 5.80. The molecule has 9 heteroatoms. The van der Waals surface area contributed by atoms with Crippen LogP contribution in [0.5, 0.6) is 0 Å². The molecule has 8 nitrogen and oxygen atoms in total. The summed E-state index contributed by atoms with van der Waals surface area (Å²) in [7, 11) is 0. The van der Waals surface area contributed by atoms with Crippen LogP contribution in [0.4, 0.5) is 0 Å². The molecular weight excluding hydrogens is 322 g/mol. The van der Waals surface area contributed by atoms with Gasteiger partial charge in [-0.1, -0.05) is 23.7 Å². The Balaban J connectivity index is 1.91. The van der Waals surface area contributed by atoms with Crippen molar-refractivity contribution in [1.29, 1.82) is 0 Å². The molecule has 1 aromatic carbocycles. The number of amides is 1. The number of nitrogens with zero attached hydrogens (tertiary/aromatic N) is 2. The zero-order valence-electron chi connectivity index (χ0n) is 12.2. The molecule has 2 rings (SSSR count). The van der Waals surface area contributed by atoms with E-state index in [1.165, 1.54) is 0 Å². The lowest BCUT2D eigenvalue weighted by Gasteiger charge is -2.03. The summed E-state index contributed by atoms with van der Waals surface area (Å²) in [6.45, 7) is 1.75. The summed E-state index contributed by atoms with van der Waals surface area (Å²) in [6.07, 6.45) is 0.104. The van der Waals surface area contributed by atoms with E-state index in [2.05, 4.69) is 20.7 Å². The minimum Gasteiger partial charge on any atom is -0.273 e. The second-order valence-electron chi connectivity index (χ2n) is 4.69. The SMILES string of the molecule is C/C(=N/NC(=O)CCc1n[nH]c(=O)[nH]c1=O)c1ccc(Cl)cc1. The topological polar surface area (TPSA) is 120 Å². The average Bonchev–Trinajstić information content (AvgIpc) is 2.52. The van der Waals surface area contributed by atoms with Crippen molar-refractivity contribution in [3.05, 3.63) is 61.4 Å². The van der Waals surface area contributed by atoms with Crippen LogP contribution >= 0.6 is 11.6 Å². The van der Waals surface area contributed by atoms with Gasteiger partial charge in [-0.25, -0.2) is 15.3 Å². The van der Waals surface area contributed by atoms with E-state index >= 15 is 0 Å². The normalized spacial score (nSPS) is 11.3. The van der Waals surface area contributed by atoms with Gasteiger partial charge in [-0.3, -0.25) is 14.6 Å². The number of rotatable bonds is 5. The molecule has 1 heterocycles. The molecule has 0 bridgehead atoms. The molecular formula is C14H14ClN5O3. The highest BCUT2D eigenvalue weighted by molar-refractivity contribution is 6.30. The van der Waals surface area contributed by atoms with Gasteiger partial charge in [0.05, 0.1) is 5.71 Å². The molecule has 1 aromatic heterocycles. The van der Waals surface area contributed by atoms with E-state index < -0.39 is 11.2 Å². The number of benzene rings is 1. The van der Waals surface area contributed by atoms with E-state index in [-0.39, 0.29) is 24.4 Å². The molecule has 0 fully saturated rings. The second kappa shape index (κ2) is 7.50. The highest BCUT2D eigenvalue weighted by Gasteiger charge is 2.07. The van der Waals surface area contributed by atoms with E-state index in [4.69, 9.17) is 11.6 Å². The largest absolute Gasteiger partial charge is 0.342 e. The fraction of sp³-hybridized carbons (Fsp3) is 0.214. The lowest BCUT2D eigenvalue weighted by molar-refractivity contribution is -0.121. The zero-order chi connectivity index (χ0) is 16.8. The Kier molecular flexibility index (Phi) is 5.42. The fourth-order valence-electron chi connectivity index (χ4n) is 1.73. The van der Waals surface area contributed by atoms with Gasteiger partial charge in [-0.2, -0.15) is 10.2 Å². The monoisotopic (exact) mass is 335 g/mol. The molecule has 0 aliphatic carbocycles. The molecule has 2 aromatic rings. The van der Waals surface area contributed by atoms with Crippen molar-refractivity contribution in [3.63, 3.8) is 0 Å². The number of carbonyl (C=O) groups excluding carboxylic acids is 1. The first-order valence-corrected chi connectivity index (χ1v) is 7.10. The Bertz CT molecular complexity index is 838. The first-order chi connectivity index (χ1) is 11.0. The van der Waals surface area contributed by atoms with Crippen molar-refractivity contribution in [3.8, 4) is 0 Å². The van der Waals surface area contributed by atoms with E-state index in [9.17, 15) is 14.4 Å². The van der Waals surface area contributed by atoms with E-state index in [1.807, 2.05) is 4.98 Å². The molecule has 23 heavy (non-hydrogen) atoms. The molecule has 0 radical (unpaired) electrons. The number of H-pyrrole nitrogens is 2. The number of aromatic amines is 2. The first-order valence-electron chi connectivity index (χ1n) is 6.72. The van der Waals surface area contributed by atoms with Crippen LogP contribution in [0.15, 0.2) is 39.0 Å². The smallest absolute Gasteiger partial charge is 0.273 e. The van der Waals surface area contributed by atoms with Crippen molar-refractivity contribution in [2.75, 3.05) is 0 Å². The van der Waals surface area contributed by atoms with Crippen molar-refractivity contribution < 1.29 is 4.79 Å². The Morgan fingerprint density at radius 2 is 2.00 bits per heavy atom. The first kappa shape index (κ1) is 16.6. The summed E-state index contributed by atoms with van der Waals surface area (Å²) < 4.78 is 0. The minimum atomic E-state index is -0.689. The molecule has 0 saturated heterocycles. The van der Waals surface area contributed by atoms with Crippen molar-refractivity contribution in [2.24, 2.45) is 5.10 Å². The van der Waals surface area contributed by atoms with Gasteiger partial charge in [0.15, 0.2) is 0 Å². The third-order valence-corrected chi connectivity index (χ3v) is 3.23. The van der Waals surface area contributed by atoms with E-state index in [0.29, 0.717) is 10.7 Å². The van der Waals surface area contributed by atoms with Crippen LogP contribution in [0.25, 0.3) is 0 Å². The molecule has 0 saturated carbocycles. The molecule has 1 amide bonds. The van der Waals surface area contributed by atoms with Gasteiger partial charge in [-0.15, -0.1) is 0 Å². The maximum absolute atomic E-state index is 11.7. The summed E-state index contributed by atoms with van der Waals surface area (Å²) in [5.41, 5.74) is 2.63. The van der Waals surface area contributed by atoms with Crippen molar-refractivity contribution in [1.82, 2.24) is 20.6 Å². The molecule has 0 spiro atoms. The highest BCUT2D eigenvalue weighted by Crippen LogP contribution is 2.10. The van der Waals surface area contributed by atoms with E-state index in [0.717, 1.165) is 5.56 Å². The van der Waals surface area contributed by atoms with Crippen molar-refractivity contribution in [2.45, 2.75) is 19.8 Å².